The third-order valence-electron chi connectivity index (χ3n) is 4.46. The summed E-state index contributed by atoms with van der Waals surface area (Å²) in [6.45, 7) is -0.257. The number of anilines is 1. The summed E-state index contributed by atoms with van der Waals surface area (Å²) in [4.78, 5) is 29.0. The van der Waals surface area contributed by atoms with Crippen molar-refractivity contribution in [2.45, 2.75) is 6.54 Å². The number of methoxy groups -OCH3 is 2. The van der Waals surface area contributed by atoms with Crippen LogP contribution in [0.4, 0.5) is 5.13 Å². The van der Waals surface area contributed by atoms with E-state index in [-0.39, 0.29) is 12.4 Å². The van der Waals surface area contributed by atoms with E-state index in [4.69, 9.17) is 14.0 Å². The van der Waals surface area contributed by atoms with Gasteiger partial charge in [0, 0.05) is 22.6 Å². The van der Waals surface area contributed by atoms with Crippen LogP contribution >= 0.6 is 11.3 Å². The molecule has 2 heterocycles. The van der Waals surface area contributed by atoms with E-state index in [1.807, 2.05) is 24.3 Å². The monoisotopic (exact) mass is 438 g/mol. The SMILES string of the molecule is COc1ccc(-c2csc(NC(=O)Cn3c(-c4ccccc4)noc3=O)n2)c(OC)c1. The van der Waals surface area contributed by atoms with Crippen LogP contribution in [0, 0.1) is 0 Å². The highest BCUT2D eigenvalue weighted by atomic mass is 32.1. The fraction of sp³-hybridized carbons (Fsp3) is 0.143. The molecule has 9 nitrogen and oxygen atoms in total. The lowest BCUT2D eigenvalue weighted by Gasteiger charge is -2.08. The van der Waals surface area contributed by atoms with Gasteiger partial charge in [0.15, 0.2) is 11.0 Å². The minimum Gasteiger partial charge on any atom is -0.497 e. The zero-order chi connectivity index (χ0) is 21.8. The summed E-state index contributed by atoms with van der Waals surface area (Å²) in [5.41, 5.74) is 2.08. The van der Waals surface area contributed by atoms with Crippen LogP contribution in [-0.2, 0) is 11.3 Å². The zero-order valence-corrected chi connectivity index (χ0v) is 17.5. The Morgan fingerprint density at radius 3 is 2.71 bits per heavy atom. The maximum atomic E-state index is 12.6. The molecular formula is C21H18N4O5S. The number of benzene rings is 2. The van der Waals surface area contributed by atoms with Crippen LogP contribution in [0.5, 0.6) is 11.5 Å². The van der Waals surface area contributed by atoms with Crippen molar-refractivity contribution in [1.82, 2.24) is 14.7 Å². The van der Waals surface area contributed by atoms with E-state index in [2.05, 4.69) is 15.5 Å². The predicted octanol–water partition coefficient (Wildman–Crippen LogP) is 3.28. The van der Waals surface area contributed by atoms with E-state index in [1.165, 1.54) is 15.9 Å². The van der Waals surface area contributed by atoms with E-state index < -0.39 is 11.7 Å². The van der Waals surface area contributed by atoms with E-state index in [0.29, 0.717) is 27.9 Å². The average Bonchev–Trinajstić information content (AvgIpc) is 3.40. The Labute approximate surface area is 180 Å². The first-order valence-electron chi connectivity index (χ1n) is 9.18. The first-order valence-corrected chi connectivity index (χ1v) is 10.1. The van der Waals surface area contributed by atoms with Gasteiger partial charge < -0.3 is 14.8 Å². The molecular weight excluding hydrogens is 420 g/mol. The molecule has 4 rings (SSSR count). The summed E-state index contributed by atoms with van der Waals surface area (Å²) in [7, 11) is 3.14. The summed E-state index contributed by atoms with van der Waals surface area (Å²) in [5.74, 6) is 0.411. The molecule has 0 unspecified atom stereocenters. The van der Waals surface area contributed by atoms with Crippen LogP contribution in [0.2, 0.25) is 0 Å². The Hall–Kier alpha value is -3.92. The zero-order valence-electron chi connectivity index (χ0n) is 16.7. The highest BCUT2D eigenvalue weighted by molar-refractivity contribution is 7.14. The number of carbonyl (C=O) groups excluding carboxylic acids is 1. The lowest BCUT2D eigenvalue weighted by Crippen LogP contribution is -2.25. The van der Waals surface area contributed by atoms with Gasteiger partial charge in [-0.3, -0.25) is 9.32 Å². The minimum absolute atomic E-state index is 0.257. The number of hydrogen-bond acceptors (Lipinski definition) is 8. The number of aromatic nitrogens is 3. The van der Waals surface area contributed by atoms with Gasteiger partial charge in [-0.05, 0) is 12.1 Å². The number of thiazole rings is 1. The van der Waals surface area contributed by atoms with Gasteiger partial charge >= 0.3 is 5.76 Å². The second kappa shape index (κ2) is 8.84. The number of nitrogens with one attached hydrogen (secondary N) is 1. The predicted molar refractivity (Wildman–Crippen MR) is 115 cm³/mol. The molecule has 1 amide bonds. The van der Waals surface area contributed by atoms with E-state index in [9.17, 15) is 9.59 Å². The molecule has 0 aliphatic heterocycles. The van der Waals surface area contributed by atoms with Crippen molar-refractivity contribution < 1.29 is 18.8 Å². The van der Waals surface area contributed by atoms with Crippen molar-refractivity contribution >= 4 is 22.4 Å². The van der Waals surface area contributed by atoms with Gasteiger partial charge in [-0.15, -0.1) is 11.3 Å². The minimum atomic E-state index is -0.711. The topological polar surface area (TPSA) is 108 Å². The third kappa shape index (κ3) is 4.33. The highest BCUT2D eigenvalue weighted by Gasteiger charge is 2.17. The first kappa shape index (κ1) is 20.4. The van der Waals surface area contributed by atoms with E-state index in [0.717, 1.165) is 5.56 Å². The fourth-order valence-electron chi connectivity index (χ4n) is 2.97. The molecule has 0 saturated carbocycles. The number of rotatable bonds is 7. The number of amides is 1. The normalized spacial score (nSPS) is 10.6. The fourth-order valence-corrected chi connectivity index (χ4v) is 3.70. The van der Waals surface area contributed by atoms with Gasteiger partial charge in [-0.1, -0.05) is 35.5 Å². The Morgan fingerprint density at radius 1 is 1.16 bits per heavy atom. The molecule has 158 valence electrons. The molecule has 0 radical (unpaired) electrons. The largest absolute Gasteiger partial charge is 0.497 e. The van der Waals surface area contributed by atoms with Gasteiger partial charge in [0.25, 0.3) is 0 Å². The number of hydrogen-bond donors (Lipinski definition) is 1. The molecule has 4 aromatic rings. The maximum Gasteiger partial charge on any atom is 0.442 e. The van der Waals surface area contributed by atoms with Crippen LogP contribution in [0.15, 0.2) is 63.2 Å². The Morgan fingerprint density at radius 2 is 1.97 bits per heavy atom. The van der Waals surface area contributed by atoms with Gasteiger partial charge in [0.1, 0.15) is 18.0 Å². The molecule has 0 atom stereocenters. The van der Waals surface area contributed by atoms with Crippen molar-refractivity contribution in [3.05, 3.63) is 64.5 Å². The molecule has 2 aromatic heterocycles. The standard InChI is InChI=1S/C21H18N4O5S/c1-28-14-8-9-15(17(10-14)29-2)16-12-31-20(22-16)23-18(26)11-25-19(24-30-21(25)27)13-6-4-3-5-7-13/h3-10,12H,11H2,1-2H3,(H,22,23,26). The summed E-state index contributed by atoms with van der Waals surface area (Å²) in [6, 6.07) is 14.4. The molecule has 0 spiro atoms. The molecule has 0 fully saturated rings. The molecule has 2 aromatic carbocycles. The average molecular weight is 438 g/mol. The van der Waals surface area contributed by atoms with Crippen molar-refractivity contribution in [3.63, 3.8) is 0 Å². The van der Waals surface area contributed by atoms with Crippen molar-refractivity contribution in [1.29, 1.82) is 0 Å². The van der Waals surface area contributed by atoms with Crippen LogP contribution in [0.1, 0.15) is 0 Å². The molecule has 0 aliphatic carbocycles. The maximum absolute atomic E-state index is 12.6. The van der Waals surface area contributed by atoms with Gasteiger partial charge in [0.05, 0.1) is 19.9 Å². The highest BCUT2D eigenvalue weighted by Crippen LogP contribution is 2.34. The second-order valence-electron chi connectivity index (χ2n) is 6.38. The van der Waals surface area contributed by atoms with Crippen LogP contribution < -0.4 is 20.5 Å². The number of ether oxygens (including phenoxy) is 2. The molecule has 0 bridgehead atoms. The van der Waals surface area contributed by atoms with Crippen LogP contribution in [-0.4, -0.2) is 34.8 Å². The Balaban J connectivity index is 1.51. The van der Waals surface area contributed by atoms with Crippen LogP contribution in [0.25, 0.3) is 22.6 Å². The van der Waals surface area contributed by atoms with Gasteiger partial charge in [-0.2, -0.15) is 0 Å². The van der Waals surface area contributed by atoms with Crippen molar-refractivity contribution in [2.24, 2.45) is 0 Å². The van der Waals surface area contributed by atoms with Crippen molar-refractivity contribution in [2.75, 3.05) is 19.5 Å². The third-order valence-corrected chi connectivity index (χ3v) is 5.21. The molecule has 0 saturated heterocycles. The number of carbonyl (C=O) groups is 1. The summed E-state index contributed by atoms with van der Waals surface area (Å²) >= 11 is 1.26. The van der Waals surface area contributed by atoms with Crippen LogP contribution in [0.3, 0.4) is 0 Å². The van der Waals surface area contributed by atoms with Gasteiger partial charge in [-0.25, -0.2) is 14.3 Å². The van der Waals surface area contributed by atoms with E-state index in [1.54, 1.807) is 43.9 Å². The smallest absolute Gasteiger partial charge is 0.442 e. The van der Waals surface area contributed by atoms with E-state index >= 15 is 0 Å². The van der Waals surface area contributed by atoms with Gasteiger partial charge in [0.2, 0.25) is 5.91 Å². The Bertz CT molecular complexity index is 1260. The number of nitrogens with zero attached hydrogens (tertiary/aromatic N) is 3. The lowest BCUT2D eigenvalue weighted by molar-refractivity contribution is -0.116. The van der Waals surface area contributed by atoms with Crippen molar-refractivity contribution in [3.8, 4) is 34.1 Å². The molecule has 0 aliphatic rings. The second-order valence-corrected chi connectivity index (χ2v) is 7.23. The quantitative estimate of drug-likeness (QED) is 0.472. The first-order chi connectivity index (χ1) is 15.1. The molecule has 10 heteroatoms. The molecule has 1 N–H and O–H groups in total. The Kier molecular flexibility index (Phi) is 5.80. The summed E-state index contributed by atoms with van der Waals surface area (Å²) < 4.78 is 16.5. The molecule has 31 heavy (non-hydrogen) atoms. The summed E-state index contributed by atoms with van der Waals surface area (Å²) in [6.07, 6.45) is 0. The lowest BCUT2D eigenvalue weighted by atomic mass is 10.1. The summed E-state index contributed by atoms with van der Waals surface area (Å²) in [5, 5.41) is 8.69.